The second-order valence-electron chi connectivity index (χ2n) is 5.11. The zero-order valence-corrected chi connectivity index (χ0v) is 10.7. The fourth-order valence-corrected chi connectivity index (χ4v) is 2.82. The van der Waals surface area contributed by atoms with Gasteiger partial charge in [0, 0.05) is 5.92 Å². The lowest BCUT2D eigenvalue weighted by molar-refractivity contribution is 0.106. The molecule has 0 saturated heterocycles. The Morgan fingerprint density at radius 1 is 1.29 bits per heavy atom. The molecule has 0 radical (unpaired) electrons. The number of aliphatic hydroxyl groups excluding tert-OH is 1. The van der Waals surface area contributed by atoms with Crippen LogP contribution in [-0.2, 0) is 12.8 Å². The van der Waals surface area contributed by atoms with Crippen LogP contribution in [0.1, 0.15) is 49.0 Å². The van der Waals surface area contributed by atoms with E-state index in [-0.39, 0.29) is 5.92 Å². The maximum absolute atomic E-state index is 10.4. The standard InChI is InChI=1S/C15H23NO/c1-2-4-14(10-16)15(17)13-8-7-11-5-3-6-12(11)9-13/h7-9,14-15,17H,2-6,10,16H2,1H3. The Bertz CT molecular complexity index is 375. The van der Waals surface area contributed by atoms with E-state index in [2.05, 4.69) is 25.1 Å². The van der Waals surface area contributed by atoms with Gasteiger partial charge in [-0.2, -0.15) is 0 Å². The van der Waals surface area contributed by atoms with Crippen LogP contribution < -0.4 is 5.73 Å². The van der Waals surface area contributed by atoms with E-state index in [4.69, 9.17) is 5.73 Å². The van der Waals surface area contributed by atoms with Crippen molar-refractivity contribution in [3.63, 3.8) is 0 Å². The largest absolute Gasteiger partial charge is 0.388 e. The minimum Gasteiger partial charge on any atom is -0.388 e. The van der Waals surface area contributed by atoms with Crippen LogP contribution in [-0.4, -0.2) is 11.7 Å². The molecule has 0 amide bonds. The van der Waals surface area contributed by atoms with E-state index in [1.165, 1.54) is 24.0 Å². The Hall–Kier alpha value is -0.860. The molecule has 0 aliphatic heterocycles. The maximum atomic E-state index is 10.4. The molecule has 1 aliphatic carbocycles. The van der Waals surface area contributed by atoms with Crippen molar-refractivity contribution >= 4 is 0 Å². The van der Waals surface area contributed by atoms with Gasteiger partial charge in [-0.1, -0.05) is 31.5 Å². The third-order valence-corrected chi connectivity index (χ3v) is 3.87. The Labute approximate surface area is 104 Å². The van der Waals surface area contributed by atoms with Crippen LogP contribution in [0.2, 0.25) is 0 Å². The Kier molecular flexibility index (Phi) is 4.19. The molecule has 0 bridgehead atoms. The average Bonchev–Trinajstić information content (AvgIpc) is 2.82. The fourth-order valence-electron chi connectivity index (χ4n) is 2.82. The molecule has 0 spiro atoms. The molecular formula is C15H23NO. The highest BCUT2D eigenvalue weighted by atomic mass is 16.3. The fraction of sp³-hybridized carbons (Fsp3) is 0.600. The molecule has 0 saturated carbocycles. The molecule has 2 nitrogen and oxygen atoms in total. The van der Waals surface area contributed by atoms with Gasteiger partial charge in [-0.25, -0.2) is 0 Å². The first kappa shape index (κ1) is 12.6. The van der Waals surface area contributed by atoms with Crippen LogP contribution in [0, 0.1) is 5.92 Å². The molecular weight excluding hydrogens is 210 g/mol. The number of rotatable bonds is 5. The third kappa shape index (κ3) is 2.70. The molecule has 2 unspecified atom stereocenters. The minimum atomic E-state index is -0.397. The molecule has 1 aromatic carbocycles. The summed E-state index contributed by atoms with van der Waals surface area (Å²) in [6.45, 7) is 2.70. The number of benzene rings is 1. The normalized spacial score (nSPS) is 17.8. The molecule has 0 fully saturated rings. The van der Waals surface area contributed by atoms with Crippen LogP contribution in [0.5, 0.6) is 0 Å². The monoisotopic (exact) mass is 233 g/mol. The summed E-state index contributed by atoms with van der Waals surface area (Å²) in [6, 6.07) is 6.44. The summed E-state index contributed by atoms with van der Waals surface area (Å²) in [5.74, 6) is 0.194. The summed E-state index contributed by atoms with van der Waals surface area (Å²) in [7, 11) is 0. The summed E-state index contributed by atoms with van der Waals surface area (Å²) in [4.78, 5) is 0. The lowest BCUT2D eigenvalue weighted by Gasteiger charge is -2.21. The molecule has 3 N–H and O–H groups in total. The van der Waals surface area contributed by atoms with Gasteiger partial charge in [-0.05, 0) is 48.9 Å². The first-order chi connectivity index (χ1) is 8.26. The third-order valence-electron chi connectivity index (χ3n) is 3.87. The number of hydrogen-bond acceptors (Lipinski definition) is 2. The predicted octanol–water partition coefficient (Wildman–Crippen LogP) is 2.58. The van der Waals surface area contributed by atoms with Crippen LogP contribution >= 0.6 is 0 Å². The van der Waals surface area contributed by atoms with E-state index in [1.54, 1.807) is 0 Å². The number of fused-ring (bicyclic) bond motifs is 1. The van der Waals surface area contributed by atoms with Gasteiger partial charge in [0.05, 0.1) is 6.10 Å². The highest BCUT2D eigenvalue weighted by Crippen LogP contribution is 2.29. The Balaban J connectivity index is 2.15. The van der Waals surface area contributed by atoms with Gasteiger partial charge in [0.25, 0.3) is 0 Å². The second-order valence-corrected chi connectivity index (χ2v) is 5.11. The van der Waals surface area contributed by atoms with E-state index in [9.17, 15) is 5.11 Å². The van der Waals surface area contributed by atoms with E-state index in [1.807, 2.05) is 0 Å². The lowest BCUT2D eigenvalue weighted by Crippen LogP contribution is -2.22. The van der Waals surface area contributed by atoms with Gasteiger partial charge in [0.15, 0.2) is 0 Å². The molecule has 1 aromatic rings. The van der Waals surface area contributed by atoms with E-state index < -0.39 is 6.10 Å². The summed E-state index contributed by atoms with van der Waals surface area (Å²) in [6.07, 6.45) is 5.28. The van der Waals surface area contributed by atoms with Gasteiger partial charge in [-0.15, -0.1) is 0 Å². The molecule has 0 aromatic heterocycles. The van der Waals surface area contributed by atoms with Crippen molar-refractivity contribution in [1.29, 1.82) is 0 Å². The van der Waals surface area contributed by atoms with E-state index in [0.29, 0.717) is 6.54 Å². The van der Waals surface area contributed by atoms with Crippen molar-refractivity contribution in [3.8, 4) is 0 Å². The van der Waals surface area contributed by atoms with Gasteiger partial charge in [-0.3, -0.25) is 0 Å². The molecule has 2 atom stereocenters. The Morgan fingerprint density at radius 2 is 2.06 bits per heavy atom. The van der Waals surface area contributed by atoms with Gasteiger partial charge < -0.3 is 10.8 Å². The smallest absolute Gasteiger partial charge is 0.0830 e. The SMILES string of the molecule is CCCC(CN)C(O)c1ccc2c(c1)CCC2. The molecule has 94 valence electrons. The number of aliphatic hydroxyl groups is 1. The average molecular weight is 233 g/mol. The van der Waals surface area contributed by atoms with E-state index in [0.717, 1.165) is 24.8 Å². The molecule has 17 heavy (non-hydrogen) atoms. The lowest BCUT2D eigenvalue weighted by atomic mass is 9.90. The molecule has 2 rings (SSSR count). The van der Waals surface area contributed by atoms with E-state index >= 15 is 0 Å². The summed E-state index contributed by atoms with van der Waals surface area (Å²) in [5, 5.41) is 10.4. The summed E-state index contributed by atoms with van der Waals surface area (Å²) < 4.78 is 0. The van der Waals surface area contributed by atoms with Gasteiger partial charge in [0.2, 0.25) is 0 Å². The highest BCUT2D eigenvalue weighted by Gasteiger charge is 2.20. The van der Waals surface area contributed by atoms with Gasteiger partial charge in [0.1, 0.15) is 0 Å². The number of nitrogens with two attached hydrogens (primary N) is 1. The first-order valence-electron chi connectivity index (χ1n) is 6.76. The topological polar surface area (TPSA) is 46.2 Å². The number of aryl methyl sites for hydroxylation is 2. The van der Waals surface area contributed by atoms with Crippen molar-refractivity contribution in [1.82, 2.24) is 0 Å². The first-order valence-corrected chi connectivity index (χ1v) is 6.76. The van der Waals surface area contributed by atoms with Crippen LogP contribution in [0.3, 0.4) is 0 Å². The van der Waals surface area contributed by atoms with Crippen molar-refractivity contribution < 1.29 is 5.11 Å². The second kappa shape index (κ2) is 5.65. The van der Waals surface area contributed by atoms with Crippen LogP contribution in [0.4, 0.5) is 0 Å². The maximum Gasteiger partial charge on any atom is 0.0830 e. The number of hydrogen-bond donors (Lipinski definition) is 2. The summed E-state index contributed by atoms with van der Waals surface area (Å²) in [5.41, 5.74) is 9.68. The minimum absolute atomic E-state index is 0.194. The zero-order valence-electron chi connectivity index (χ0n) is 10.7. The molecule has 0 heterocycles. The summed E-state index contributed by atoms with van der Waals surface area (Å²) >= 11 is 0. The van der Waals surface area contributed by atoms with Crippen molar-refractivity contribution in [2.24, 2.45) is 11.7 Å². The predicted molar refractivity (Wildman–Crippen MR) is 70.9 cm³/mol. The highest BCUT2D eigenvalue weighted by molar-refractivity contribution is 5.36. The Morgan fingerprint density at radius 3 is 2.76 bits per heavy atom. The quantitative estimate of drug-likeness (QED) is 0.821. The van der Waals surface area contributed by atoms with Crippen LogP contribution in [0.15, 0.2) is 18.2 Å². The van der Waals surface area contributed by atoms with Crippen molar-refractivity contribution in [2.75, 3.05) is 6.54 Å². The molecule has 1 aliphatic rings. The van der Waals surface area contributed by atoms with Gasteiger partial charge >= 0.3 is 0 Å². The zero-order chi connectivity index (χ0) is 12.3. The van der Waals surface area contributed by atoms with Crippen LogP contribution in [0.25, 0.3) is 0 Å². The van der Waals surface area contributed by atoms with Crippen molar-refractivity contribution in [2.45, 2.75) is 45.1 Å². The molecule has 2 heteroatoms. The van der Waals surface area contributed by atoms with Crippen molar-refractivity contribution in [3.05, 3.63) is 34.9 Å².